The van der Waals surface area contributed by atoms with Gasteiger partial charge in [-0.05, 0) is 45.0 Å². The highest BCUT2D eigenvalue weighted by molar-refractivity contribution is 6.60. The number of likely N-dealkylation sites (tertiary alicyclic amines) is 1. The number of rotatable bonds is 3. The summed E-state index contributed by atoms with van der Waals surface area (Å²) >= 11 is 0. The molecular weight excluding hydrogens is 307 g/mol. The van der Waals surface area contributed by atoms with E-state index in [0.29, 0.717) is 5.58 Å². The second-order valence-corrected chi connectivity index (χ2v) is 6.36. The minimum absolute atomic E-state index is 0.151. The van der Waals surface area contributed by atoms with Gasteiger partial charge in [-0.1, -0.05) is 0 Å². The fourth-order valence-electron chi connectivity index (χ4n) is 2.99. The highest BCUT2D eigenvalue weighted by Gasteiger charge is 2.20. The van der Waals surface area contributed by atoms with Gasteiger partial charge >= 0.3 is 5.63 Å². The van der Waals surface area contributed by atoms with Crippen LogP contribution in [-0.4, -0.2) is 44.8 Å². The van der Waals surface area contributed by atoms with E-state index >= 15 is 0 Å². The Kier molecular flexibility index (Phi) is 4.62. The molecule has 1 aliphatic heterocycles. The lowest BCUT2D eigenvalue weighted by molar-refractivity contribution is 0.113. The van der Waals surface area contributed by atoms with Crippen molar-refractivity contribution in [3.8, 4) is 5.75 Å². The summed E-state index contributed by atoms with van der Waals surface area (Å²) < 4.78 is 11.5. The number of nitrogens with zero attached hydrogens (tertiary/aromatic N) is 1. The number of carbonyl (C=O) groups excluding carboxylic acids is 1. The van der Waals surface area contributed by atoms with Crippen molar-refractivity contribution in [2.75, 3.05) is 25.5 Å². The van der Waals surface area contributed by atoms with Gasteiger partial charge in [0.2, 0.25) is 7.85 Å². The Morgan fingerprint density at radius 1 is 1.38 bits per heavy atom. The van der Waals surface area contributed by atoms with Crippen molar-refractivity contribution in [1.29, 1.82) is 0 Å². The topological polar surface area (TPSA) is 71.8 Å². The van der Waals surface area contributed by atoms with Gasteiger partial charge in [0.1, 0.15) is 23.1 Å². The quantitative estimate of drug-likeness (QED) is 0.686. The van der Waals surface area contributed by atoms with Gasteiger partial charge in [0.05, 0.1) is 0 Å². The van der Waals surface area contributed by atoms with E-state index in [-0.39, 0.29) is 17.6 Å². The molecule has 1 N–H and O–H groups in total. The molecule has 1 aromatic carbocycles. The summed E-state index contributed by atoms with van der Waals surface area (Å²) in [4.78, 5) is 25.5. The van der Waals surface area contributed by atoms with Crippen LogP contribution in [0.25, 0.3) is 11.0 Å². The lowest BCUT2D eigenvalue weighted by Crippen LogP contribution is -2.35. The molecule has 1 aromatic heterocycles. The molecule has 1 aliphatic rings. The zero-order chi connectivity index (χ0) is 17.3. The number of fused-ring (bicyclic) bond motifs is 1. The Balaban J connectivity index is 1.90. The highest BCUT2D eigenvalue weighted by atomic mass is 16.5. The van der Waals surface area contributed by atoms with Crippen molar-refractivity contribution in [2.45, 2.75) is 25.9 Å². The lowest BCUT2D eigenvalue weighted by Gasteiger charge is -2.29. The summed E-state index contributed by atoms with van der Waals surface area (Å²) in [5.41, 5.74) is 0.896. The Morgan fingerprint density at radius 3 is 2.75 bits per heavy atom. The average Bonchev–Trinajstić information content (AvgIpc) is 2.53. The van der Waals surface area contributed by atoms with Gasteiger partial charge in [-0.3, -0.25) is 4.79 Å². The van der Waals surface area contributed by atoms with E-state index in [0.717, 1.165) is 42.6 Å². The van der Waals surface area contributed by atoms with Gasteiger partial charge in [-0.15, -0.1) is 0 Å². The predicted octanol–water partition coefficient (Wildman–Crippen LogP) is 1.74. The predicted molar refractivity (Wildman–Crippen MR) is 95.9 cm³/mol. The number of amides is 1. The van der Waals surface area contributed by atoms with E-state index in [4.69, 9.17) is 9.15 Å². The lowest BCUT2D eigenvalue weighted by atomic mass is 10.1. The molecule has 1 fully saturated rings. The molecule has 0 saturated carbocycles. The fraction of sp³-hybridized carbons (Fsp3) is 0.412. The zero-order valence-corrected chi connectivity index (χ0v) is 14.2. The number of ether oxygens (including phenoxy) is 1. The molecular formula is C17H21BN2O4. The SMILES string of the molecule is BC(=O)Nc1cc2ccc(OC3CCN(C)CC3)c(C)c2oc1=O. The summed E-state index contributed by atoms with van der Waals surface area (Å²) in [7, 11) is 3.46. The van der Waals surface area contributed by atoms with Gasteiger partial charge in [0, 0.05) is 24.0 Å². The number of nitrogens with one attached hydrogen (secondary N) is 1. The van der Waals surface area contributed by atoms with Crippen molar-refractivity contribution in [3.63, 3.8) is 0 Å². The molecule has 6 nitrogen and oxygen atoms in total. The first-order valence-electron chi connectivity index (χ1n) is 8.14. The number of hydrogen-bond acceptors (Lipinski definition) is 5. The average molecular weight is 328 g/mol. The first-order valence-corrected chi connectivity index (χ1v) is 8.14. The maximum Gasteiger partial charge on any atom is 0.360 e. The maximum atomic E-state index is 12.0. The van der Waals surface area contributed by atoms with Crippen LogP contribution in [0.4, 0.5) is 10.5 Å². The summed E-state index contributed by atoms with van der Waals surface area (Å²) in [5.74, 6) is 0.438. The maximum absolute atomic E-state index is 12.0. The summed E-state index contributed by atoms with van der Waals surface area (Å²) in [6.45, 7) is 3.92. The molecule has 2 aromatic rings. The monoisotopic (exact) mass is 328 g/mol. The minimum atomic E-state index is -0.558. The first-order chi connectivity index (χ1) is 11.4. The molecule has 1 amide bonds. The van der Waals surface area contributed by atoms with E-state index in [1.54, 1.807) is 6.07 Å². The van der Waals surface area contributed by atoms with Crippen LogP contribution >= 0.6 is 0 Å². The number of benzene rings is 1. The van der Waals surface area contributed by atoms with E-state index in [1.165, 1.54) is 7.85 Å². The van der Waals surface area contributed by atoms with Crippen LogP contribution in [0.15, 0.2) is 27.4 Å². The van der Waals surface area contributed by atoms with Crippen LogP contribution in [0, 0.1) is 6.92 Å². The first kappa shape index (κ1) is 16.6. The van der Waals surface area contributed by atoms with Crippen LogP contribution < -0.4 is 15.7 Å². The molecule has 3 rings (SSSR count). The minimum Gasteiger partial charge on any atom is -0.490 e. The molecule has 0 radical (unpaired) electrons. The van der Waals surface area contributed by atoms with E-state index in [9.17, 15) is 9.59 Å². The Morgan fingerprint density at radius 2 is 2.08 bits per heavy atom. The highest BCUT2D eigenvalue weighted by Crippen LogP contribution is 2.29. The molecule has 2 heterocycles. The molecule has 1 saturated heterocycles. The fourth-order valence-corrected chi connectivity index (χ4v) is 2.99. The molecule has 7 heteroatoms. The third-order valence-corrected chi connectivity index (χ3v) is 4.37. The third kappa shape index (κ3) is 3.46. The van der Waals surface area contributed by atoms with Crippen LogP contribution in [0.1, 0.15) is 18.4 Å². The summed E-state index contributed by atoms with van der Waals surface area (Å²) in [6.07, 6.45) is 2.15. The summed E-state index contributed by atoms with van der Waals surface area (Å²) in [6, 6.07) is 5.38. The third-order valence-electron chi connectivity index (χ3n) is 4.37. The number of anilines is 1. The zero-order valence-electron chi connectivity index (χ0n) is 14.2. The van der Waals surface area contributed by atoms with E-state index in [1.807, 2.05) is 19.1 Å². The molecule has 0 atom stereocenters. The Bertz CT molecular complexity index is 825. The number of aryl methyl sites for hydroxylation is 1. The molecule has 126 valence electrons. The van der Waals surface area contributed by atoms with Crippen molar-refractivity contribution in [1.82, 2.24) is 4.90 Å². The second-order valence-electron chi connectivity index (χ2n) is 6.36. The van der Waals surface area contributed by atoms with Gasteiger partial charge in [0.15, 0.2) is 5.81 Å². The molecule has 0 aliphatic carbocycles. The van der Waals surface area contributed by atoms with Crippen molar-refractivity contribution < 1.29 is 13.9 Å². The normalized spacial score (nSPS) is 16.2. The van der Waals surface area contributed by atoms with Crippen molar-refractivity contribution >= 4 is 30.3 Å². The molecule has 0 unspecified atom stereocenters. The molecule has 0 bridgehead atoms. The Hall–Kier alpha value is -2.28. The van der Waals surface area contributed by atoms with E-state index < -0.39 is 5.63 Å². The van der Waals surface area contributed by atoms with Crippen molar-refractivity contribution in [3.05, 3.63) is 34.2 Å². The standard InChI is InChI=1S/C17H21BN2O4/c1-10-14(23-12-5-7-20(2)8-6-12)4-3-11-9-13(19-17(18)22)16(21)24-15(10)11/h3-4,9,12H,5-8,18H2,1-2H3,(H,19,22). The van der Waals surface area contributed by atoms with Crippen LogP contribution in [-0.2, 0) is 0 Å². The number of piperidine rings is 1. The van der Waals surface area contributed by atoms with E-state index in [2.05, 4.69) is 17.3 Å². The van der Waals surface area contributed by atoms with Gasteiger partial charge in [-0.25, -0.2) is 4.79 Å². The second kappa shape index (κ2) is 6.69. The van der Waals surface area contributed by atoms with Crippen molar-refractivity contribution in [2.24, 2.45) is 0 Å². The van der Waals surface area contributed by atoms with Crippen LogP contribution in [0.2, 0.25) is 0 Å². The van der Waals surface area contributed by atoms with Gasteiger partial charge in [0.25, 0.3) is 0 Å². The molecule has 24 heavy (non-hydrogen) atoms. The van der Waals surface area contributed by atoms with Gasteiger partial charge < -0.3 is 19.4 Å². The smallest absolute Gasteiger partial charge is 0.360 e. The Labute approximate surface area is 141 Å². The molecule has 0 spiro atoms. The number of carbonyl (C=O) groups is 1. The summed E-state index contributed by atoms with van der Waals surface area (Å²) in [5, 5.41) is 3.24. The number of hydrogen-bond donors (Lipinski definition) is 1. The van der Waals surface area contributed by atoms with Gasteiger partial charge in [-0.2, -0.15) is 0 Å². The van der Waals surface area contributed by atoms with Crippen LogP contribution in [0.5, 0.6) is 5.75 Å². The van der Waals surface area contributed by atoms with Crippen LogP contribution in [0.3, 0.4) is 0 Å². The largest absolute Gasteiger partial charge is 0.490 e.